The summed E-state index contributed by atoms with van der Waals surface area (Å²) in [4.78, 5) is 11.4. The van der Waals surface area contributed by atoms with Gasteiger partial charge in [0.2, 0.25) is 0 Å². The molecule has 0 aliphatic heterocycles. The number of halogens is 3. The predicted molar refractivity (Wildman–Crippen MR) is 61.5 cm³/mol. The fourth-order valence-electron chi connectivity index (χ4n) is 1.08. The van der Waals surface area contributed by atoms with Crippen molar-refractivity contribution in [3.8, 4) is 0 Å². The SMILES string of the molecule is CN(C(=O)O)c1ccc(NS(=O)(=O)C(F)(F)F)cc1. The van der Waals surface area contributed by atoms with E-state index in [2.05, 4.69) is 0 Å². The van der Waals surface area contributed by atoms with Crippen LogP contribution >= 0.6 is 0 Å². The number of benzene rings is 1. The highest BCUT2D eigenvalue weighted by atomic mass is 32.2. The number of nitrogens with one attached hydrogen (secondary N) is 1. The predicted octanol–water partition coefficient (Wildman–Crippen LogP) is 2.06. The van der Waals surface area contributed by atoms with Gasteiger partial charge in [-0.05, 0) is 24.3 Å². The quantitative estimate of drug-likeness (QED) is 0.894. The van der Waals surface area contributed by atoms with E-state index in [1.165, 1.54) is 23.9 Å². The Hall–Kier alpha value is -1.97. The fraction of sp³-hybridized carbons (Fsp3) is 0.222. The molecule has 0 aliphatic rings. The van der Waals surface area contributed by atoms with Crippen molar-refractivity contribution in [2.45, 2.75) is 5.51 Å². The number of sulfonamides is 1. The van der Waals surface area contributed by atoms with Crippen LogP contribution in [-0.4, -0.2) is 32.2 Å². The van der Waals surface area contributed by atoms with E-state index in [0.717, 1.165) is 17.0 Å². The molecule has 1 aromatic rings. The Morgan fingerprint density at radius 2 is 1.74 bits per heavy atom. The Balaban J connectivity index is 2.93. The van der Waals surface area contributed by atoms with Crippen LogP contribution in [0, 0.1) is 0 Å². The normalized spacial score (nSPS) is 12.0. The highest BCUT2D eigenvalue weighted by Gasteiger charge is 2.45. The molecular weight excluding hydrogens is 289 g/mol. The number of hydrogen-bond acceptors (Lipinski definition) is 3. The van der Waals surface area contributed by atoms with Crippen LogP contribution in [0.2, 0.25) is 0 Å². The molecule has 0 fully saturated rings. The standard InChI is InChI=1S/C9H9F3N2O4S/c1-14(8(15)16)7-4-2-6(3-5-7)13-19(17,18)9(10,11)12/h2-5,13H,1H3,(H,15,16). The Morgan fingerprint density at radius 1 is 1.26 bits per heavy atom. The summed E-state index contributed by atoms with van der Waals surface area (Å²) >= 11 is 0. The molecule has 0 radical (unpaired) electrons. The molecule has 0 heterocycles. The van der Waals surface area contributed by atoms with Crippen LogP contribution in [0.25, 0.3) is 0 Å². The lowest BCUT2D eigenvalue weighted by molar-refractivity contribution is -0.0429. The molecule has 0 atom stereocenters. The van der Waals surface area contributed by atoms with E-state index in [9.17, 15) is 26.4 Å². The van der Waals surface area contributed by atoms with Crippen molar-refractivity contribution < 1.29 is 31.5 Å². The van der Waals surface area contributed by atoms with Gasteiger partial charge in [-0.3, -0.25) is 9.62 Å². The summed E-state index contributed by atoms with van der Waals surface area (Å²) in [5.41, 5.74) is -5.55. The van der Waals surface area contributed by atoms with E-state index in [-0.39, 0.29) is 11.4 Å². The van der Waals surface area contributed by atoms with Gasteiger partial charge in [-0.2, -0.15) is 21.6 Å². The van der Waals surface area contributed by atoms with Gasteiger partial charge in [0.1, 0.15) is 0 Å². The van der Waals surface area contributed by atoms with Crippen LogP contribution in [0.4, 0.5) is 29.3 Å². The van der Waals surface area contributed by atoms with Gasteiger partial charge in [-0.15, -0.1) is 0 Å². The number of alkyl halides is 3. The average Bonchev–Trinajstić information content (AvgIpc) is 2.27. The van der Waals surface area contributed by atoms with Gasteiger partial charge in [0.15, 0.2) is 0 Å². The maximum Gasteiger partial charge on any atom is 0.516 e. The van der Waals surface area contributed by atoms with Crippen LogP contribution in [0.3, 0.4) is 0 Å². The summed E-state index contributed by atoms with van der Waals surface area (Å²) in [6.45, 7) is 0. The topological polar surface area (TPSA) is 86.7 Å². The van der Waals surface area contributed by atoms with Crippen molar-refractivity contribution in [2.75, 3.05) is 16.7 Å². The van der Waals surface area contributed by atoms with Gasteiger partial charge in [0.05, 0.1) is 0 Å². The van der Waals surface area contributed by atoms with E-state index in [0.29, 0.717) is 0 Å². The zero-order valence-electron chi connectivity index (χ0n) is 9.47. The van der Waals surface area contributed by atoms with Gasteiger partial charge in [0, 0.05) is 18.4 Å². The summed E-state index contributed by atoms with van der Waals surface area (Å²) in [6.07, 6.45) is -1.26. The van der Waals surface area contributed by atoms with E-state index < -0.39 is 21.6 Å². The van der Waals surface area contributed by atoms with Crippen molar-refractivity contribution in [3.63, 3.8) is 0 Å². The van der Waals surface area contributed by atoms with Gasteiger partial charge >= 0.3 is 21.6 Å². The lowest BCUT2D eigenvalue weighted by atomic mass is 10.3. The lowest BCUT2D eigenvalue weighted by Crippen LogP contribution is -2.30. The zero-order valence-corrected chi connectivity index (χ0v) is 10.3. The number of carbonyl (C=O) groups is 1. The van der Waals surface area contributed by atoms with Crippen LogP contribution < -0.4 is 9.62 Å². The first kappa shape index (κ1) is 15.1. The van der Waals surface area contributed by atoms with Crippen molar-refractivity contribution in [1.82, 2.24) is 0 Å². The van der Waals surface area contributed by atoms with Crippen LogP contribution in [0.5, 0.6) is 0 Å². The third-order valence-corrected chi connectivity index (χ3v) is 3.21. The van der Waals surface area contributed by atoms with Gasteiger partial charge in [0.25, 0.3) is 0 Å². The third-order valence-electron chi connectivity index (χ3n) is 2.10. The Labute approximate surface area is 106 Å². The zero-order chi connectivity index (χ0) is 14.8. The van der Waals surface area contributed by atoms with E-state index in [1.54, 1.807) is 0 Å². The number of nitrogens with zero attached hydrogens (tertiary/aromatic N) is 1. The van der Waals surface area contributed by atoms with Gasteiger partial charge < -0.3 is 5.11 Å². The van der Waals surface area contributed by atoms with Crippen LogP contribution in [-0.2, 0) is 10.0 Å². The molecule has 106 valence electrons. The minimum Gasteiger partial charge on any atom is -0.465 e. The number of anilines is 2. The molecule has 2 N–H and O–H groups in total. The monoisotopic (exact) mass is 298 g/mol. The smallest absolute Gasteiger partial charge is 0.465 e. The minimum atomic E-state index is -5.48. The maximum atomic E-state index is 12.1. The Bertz CT molecular complexity index is 568. The van der Waals surface area contributed by atoms with Crippen molar-refractivity contribution in [1.29, 1.82) is 0 Å². The molecule has 1 aromatic carbocycles. The number of rotatable bonds is 3. The van der Waals surface area contributed by atoms with E-state index in [1.807, 2.05) is 0 Å². The molecule has 19 heavy (non-hydrogen) atoms. The number of carboxylic acid groups (broad SMARTS) is 1. The van der Waals surface area contributed by atoms with Crippen molar-refractivity contribution in [2.24, 2.45) is 0 Å². The molecule has 1 amide bonds. The second-order valence-corrected chi connectivity index (χ2v) is 5.11. The van der Waals surface area contributed by atoms with Gasteiger partial charge in [-0.25, -0.2) is 4.79 Å². The lowest BCUT2D eigenvalue weighted by Gasteiger charge is -2.14. The first-order valence-corrected chi connectivity index (χ1v) is 6.19. The molecule has 1 rings (SSSR count). The summed E-state index contributed by atoms with van der Waals surface area (Å²) in [5.74, 6) is 0. The molecule has 0 aromatic heterocycles. The maximum absolute atomic E-state index is 12.1. The second-order valence-electron chi connectivity index (χ2n) is 3.44. The van der Waals surface area contributed by atoms with Crippen LogP contribution in [0.1, 0.15) is 0 Å². The molecule has 10 heteroatoms. The summed E-state index contributed by atoms with van der Waals surface area (Å²) in [5, 5.41) is 8.66. The first-order valence-electron chi connectivity index (χ1n) is 4.70. The molecule has 0 bridgehead atoms. The fourth-order valence-corrected chi connectivity index (χ4v) is 1.64. The molecule has 0 spiro atoms. The van der Waals surface area contributed by atoms with E-state index >= 15 is 0 Å². The van der Waals surface area contributed by atoms with E-state index in [4.69, 9.17) is 5.11 Å². The molecule has 0 aliphatic carbocycles. The second kappa shape index (κ2) is 4.96. The summed E-state index contributed by atoms with van der Waals surface area (Å²) in [6, 6.07) is 4.39. The number of amides is 1. The highest BCUT2D eigenvalue weighted by molar-refractivity contribution is 7.93. The van der Waals surface area contributed by atoms with Crippen LogP contribution in [0.15, 0.2) is 24.3 Å². The molecular formula is C9H9F3N2O4S. The Kier molecular flexibility index (Phi) is 3.94. The first-order chi connectivity index (χ1) is 8.54. The van der Waals surface area contributed by atoms with Crippen molar-refractivity contribution in [3.05, 3.63) is 24.3 Å². The molecule has 0 saturated heterocycles. The van der Waals surface area contributed by atoms with Crippen molar-refractivity contribution >= 4 is 27.5 Å². The average molecular weight is 298 g/mol. The largest absolute Gasteiger partial charge is 0.516 e. The summed E-state index contributed by atoms with van der Waals surface area (Å²) in [7, 11) is -4.25. The van der Waals surface area contributed by atoms with Gasteiger partial charge in [-0.1, -0.05) is 0 Å². The molecule has 0 unspecified atom stereocenters. The number of hydrogen-bond donors (Lipinski definition) is 2. The minimum absolute atomic E-state index is 0.183. The Morgan fingerprint density at radius 3 is 2.11 bits per heavy atom. The molecule has 0 saturated carbocycles. The third kappa shape index (κ3) is 3.50. The highest BCUT2D eigenvalue weighted by Crippen LogP contribution is 2.26. The summed E-state index contributed by atoms with van der Waals surface area (Å²) < 4.78 is 59.2. The molecule has 6 nitrogen and oxygen atoms in total.